The van der Waals surface area contributed by atoms with Gasteiger partial charge < -0.3 is 10.7 Å². The van der Waals surface area contributed by atoms with Crippen LogP contribution in [0.5, 0.6) is 0 Å². The molecule has 12 heteroatoms. The summed E-state index contributed by atoms with van der Waals surface area (Å²) in [4.78, 5) is 13.1. The maximum absolute atomic E-state index is 13.4. The van der Waals surface area contributed by atoms with E-state index in [1.165, 1.54) is 30.3 Å². The molecule has 1 aliphatic rings. The highest BCUT2D eigenvalue weighted by Gasteiger charge is 2.38. The molecule has 2 aromatic carbocycles. The summed E-state index contributed by atoms with van der Waals surface area (Å²) >= 11 is 6.74. The monoisotopic (exact) mass is 471 g/mol. The molecule has 0 spiro atoms. The predicted molar refractivity (Wildman–Crippen MR) is 108 cm³/mol. The fraction of sp³-hybridized carbons (Fsp3) is 0.211. The Balaban J connectivity index is 1.65. The van der Waals surface area contributed by atoms with Crippen LogP contribution >= 0.6 is 23.4 Å². The van der Waals surface area contributed by atoms with Gasteiger partial charge in [-0.05, 0) is 42.8 Å². The molecule has 2 N–H and O–H groups in total. The minimum absolute atomic E-state index is 0.0524. The number of rotatable bonds is 3. The number of fused-ring (bicyclic) bond motifs is 1. The number of benzene rings is 2. The molecule has 2 heterocycles. The van der Waals surface area contributed by atoms with Gasteiger partial charge in [0.25, 0.3) is 0 Å². The number of aromatic nitrogens is 3. The molecular weight excluding hydrogens is 458 g/mol. The zero-order valence-corrected chi connectivity index (χ0v) is 17.3. The molecule has 0 radical (unpaired) electrons. The average molecular weight is 472 g/mol. The summed E-state index contributed by atoms with van der Waals surface area (Å²) in [7, 11) is 0. The maximum Gasteiger partial charge on any atom is 0.417 e. The number of aryl methyl sites for hydroxylation is 1. The number of thioether (sulfide) groups is 1. The molecule has 1 aromatic heterocycles. The first-order valence-corrected chi connectivity index (χ1v) is 10.2. The second-order valence-corrected chi connectivity index (χ2v) is 8.26. The first kappa shape index (κ1) is 21.4. The van der Waals surface area contributed by atoms with Crippen molar-refractivity contribution in [3.05, 3.63) is 70.3 Å². The van der Waals surface area contributed by atoms with Crippen LogP contribution in [0.2, 0.25) is 5.02 Å². The Bertz CT molecular complexity index is 1140. The first-order valence-electron chi connectivity index (χ1n) is 8.92. The fourth-order valence-electron chi connectivity index (χ4n) is 3.11. The van der Waals surface area contributed by atoms with Crippen molar-refractivity contribution in [3.8, 4) is 0 Å². The average Bonchev–Trinajstić information content (AvgIpc) is 3.08. The van der Waals surface area contributed by atoms with Crippen molar-refractivity contribution < 1.29 is 22.4 Å². The standard InChI is InChI=1S/C19H14ClF4N5OS/c1-9-26-27-18-29(9)28-15(10-2-4-11(21)5-3-10)16(31-18)17(30)25-12-6-7-14(20)13(8-12)19(22,23)24/h2-8,15-16,28H,1H3,(H,25,30)/t15-,16+/m0/s1. The van der Waals surface area contributed by atoms with E-state index in [0.29, 0.717) is 16.5 Å². The number of hydrogen-bond acceptors (Lipinski definition) is 5. The minimum atomic E-state index is -4.66. The Hall–Kier alpha value is -2.79. The first-order chi connectivity index (χ1) is 14.6. The summed E-state index contributed by atoms with van der Waals surface area (Å²) in [5, 5.41) is 9.60. The van der Waals surface area contributed by atoms with Gasteiger partial charge in [-0.2, -0.15) is 13.2 Å². The van der Waals surface area contributed by atoms with Crippen LogP contribution in [0.4, 0.5) is 23.2 Å². The van der Waals surface area contributed by atoms with Crippen LogP contribution in [-0.4, -0.2) is 26.0 Å². The molecule has 3 aromatic rings. The van der Waals surface area contributed by atoms with Crippen LogP contribution in [-0.2, 0) is 11.0 Å². The van der Waals surface area contributed by atoms with Gasteiger partial charge in [0, 0.05) is 5.69 Å². The molecule has 4 rings (SSSR count). The van der Waals surface area contributed by atoms with Gasteiger partial charge in [0.05, 0.1) is 16.6 Å². The van der Waals surface area contributed by atoms with E-state index in [2.05, 4.69) is 20.9 Å². The molecule has 0 unspecified atom stereocenters. The van der Waals surface area contributed by atoms with E-state index < -0.39 is 39.8 Å². The SMILES string of the molecule is Cc1nnc2n1N[C@@H](c1ccc(F)cc1)[C@H](C(=O)Nc1ccc(Cl)c(C(F)(F)F)c1)S2. The number of alkyl halides is 3. The molecule has 1 aliphatic heterocycles. The predicted octanol–water partition coefficient (Wildman–Crippen LogP) is 4.80. The van der Waals surface area contributed by atoms with Crippen LogP contribution in [0.25, 0.3) is 0 Å². The molecule has 0 saturated heterocycles. The second kappa shape index (κ2) is 8.04. The third-order valence-electron chi connectivity index (χ3n) is 4.63. The van der Waals surface area contributed by atoms with E-state index >= 15 is 0 Å². The van der Waals surface area contributed by atoms with E-state index in [4.69, 9.17) is 11.6 Å². The van der Waals surface area contributed by atoms with Crippen LogP contribution in [0, 0.1) is 12.7 Å². The number of nitrogens with zero attached hydrogens (tertiary/aromatic N) is 3. The molecule has 6 nitrogen and oxygen atoms in total. The van der Waals surface area contributed by atoms with Crippen LogP contribution in [0.3, 0.4) is 0 Å². The molecular formula is C19H14ClF4N5OS. The Labute approximate surface area is 183 Å². The largest absolute Gasteiger partial charge is 0.417 e. The zero-order valence-electron chi connectivity index (χ0n) is 15.7. The molecule has 0 bridgehead atoms. The third kappa shape index (κ3) is 4.33. The van der Waals surface area contributed by atoms with E-state index in [1.54, 1.807) is 11.6 Å². The van der Waals surface area contributed by atoms with E-state index in [9.17, 15) is 22.4 Å². The number of carbonyl (C=O) groups excluding carboxylic acids is 1. The van der Waals surface area contributed by atoms with Crippen LogP contribution in [0.1, 0.15) is 23.0 Å². The van der Waals surface area contributed by atoms with Gasteiger partial charge in [-0.15, -0.1) is 10.2 Å². The van der Waals surface area contributed by atoms with E-state index in [0.717, 1.165) is 23.9 Å². The lowest BCUT2D eigenvalue weighted by Gasteiger charge is -2.32. The van der Waals surface area contributed by atoms with Gasteiger partial charge in [0.1, 0.15) is 16.9 Å². The fourth-order valence-corrected chi connectivity index (χ4v) is 4.46. The summed E-state index contributed by atoms with van der Waals surface area (Å²) in [6.07, 6.45) is -4.66. The molecule has 0 aliphatic carbocycles. The van der Waals surface area contributed by atoms with Crippen molar-refractivity contribution in [2.24, 2.45) is 0 Å². The highest BCUT2D eigenvalue weighted by atomic mass is 35.5. The molecule has 162 valence electrons. The highest BCUT2D eigenvalue weighted by Crippen LogP contribution is 2.39. The van der Waals surface area contributed by atoms with Gasteiger partial charge in [0.2, 0.25) is 11.1 Å². The topological polar surface area (TPSA) is 71.8 Å². The van der Waals surface area contributed by atoms with Gasteiger partial charge >= 0.3 is 6.18 Å². The number of carbonyl (C=O) groups is 1. The van der Waals surface area contributed by atoms with Gasteiger partial charge in [0.15, 0.2) is 0 Å². The van der Waals surface area contributed by atoms with Crippen molar-refractivity contribution in [2.45, 2.75) is 29.5 Å². The van der Waals surface area contributed by atoms with Crippen molar-refractivity contribution in [1.82, 2.24) is 14.9 Å². The normalized spacial score (nSPS) is 18.3. The number of anilines is 1. The molecule has 0 saturated carbocycles. The maximum atomic E-state index is 13.4. The lowest BCUT2D eigenvalue weighted by Crippen LogP contribution is -2.41. The smallest absolute Gasteiger partial charge is 0.325 e. The second-order valence-electron chi connectivity index (χ2n) is 6.74. The lowest BCUT2D eigenvalue weighted by molar-refractivity contribution is -0.137. The van der Waals surface area contributed by atoms with Crippen molar-refractivity contribution in [2.75, 3.05) is 10.7 Å². The quantitative estimate of drug-likeness (QED) is 0.537. The van der Waals surface area contributed by atoms with Crippen LogP contribution in [0.15, 0.2) is 47.6 Å². The lowest BCUT2D eigenvalue weighted by atomic mass is 10.0. The van der Waals surface area contributed by atoms with Gasteiger partial charge in [-0.1, -0.05) is 35.5 Å². The van der Waals surface area contributed by atoms with Gasteiger partial charge in [-0.25, -0.2) is 9.07 Å². The Morgan fingerprint density at radius 3 is 2.58 bits per heavy atom. The number of halogens is 5. The summed E-state index contributed by atoms with van der Waals surface area (Å²) in [6, 6.07) is 8.10. The van der Waals surface area contributed by atoms with Gasteiger partial charge in [-0.3, -0.25) is 4.79 Å². The van der Waals surface area contributed by atoms with Crippen molar-refractivity contribution in [3.63, 3.8) is 0 Å². The minimum Gasteiger partial charge on any atom is -0.325 e. The van der Waals surface area contributed by atoms with E-state index in [-0.39, 0.29) is 5.69 Å². The summed E-state index contributed by atoms with van der Waals surface area (Å²) in [6.45, 7) is 1.72. The molecule has 2 atom stereocenters. The van der Waals surface area contributed by atoms with Crippen LogP contribution < -0.4 is 10.7 Å². The number of amides is 1. The Morgan fingerprint density at radius 2 is 1.90 bits per heavy atom. The summed E-state index contributed by atoms with van der Waals surface area (Å²) < 4.78 is 54.4. The number of hydrogen-bond donors (Lipinski definition) is 2. The van der Waals surface area contributed by atoms with Crippen molar-refractivity contribution in [1.29, 1.82) is 0 Å². The molecule has 1 amide bonds. The van der Waals surface area contributed by atoms with Crippen molar-refractivity contribution >= 4 is 35.0 Å². The molecule has 31 heavy (non-hydrogen) atoms. The third-order valence-corrected chi connectivity index (χ3v) is 6.17. The van der Waals surface area contributed by atoms with E-state index in [1.807, 2.05) is 0 Å². The Kier molecular flexibility index (Phi) is 5.56. The Morgan fingerprint density at radius 1 is 1.19 bits per heavy atom. The number of nitrogens with one attached hydrogen (secondary N) is 2. The summed E-state index contributed by atoms with van der Waals surface area (Å²) in [5.41, 5.74) is 2.64. The summed E-state index contributed by atoms with van der Waals surface area (Å²) in [5.74, 6) is -0.439. The molecule has 0 fully saturated rings. The zero-order chi connectivity index (χ0) is 22.3. The highest BCUT2D eigenvalue weighted by molar-refractivity contribution is 8.00.